The summed E-state index contributed by atoms with van der Waals surface area (Å²) in [6.45, 7) is 9.67. The molecule has 0 aliphatic heterocycles. The first-order chi connectivity index (χ1) is 6.79. The average Bonchev–Trinajstić information content (AvgIpc) is 1.99. The van der Waals surface area contributed by atoms with Gasteiger partial charge in [-0.25, -0.2) is 4.98 Å². The van der Waals surface area contributed by atoms with Crippen LogP contribution < -0.4 is 10.6 Å². The Hall–Kier alpha value is -1.25. The van der Waals surface area contributed by atoms with Crippen molar-refractivity contribution in [3.63, 3.8) is 0 Å². The lowest BCUT2D eigenvalue weighted by atomic mass is 9.96. The van der Waals surface area contributed by atoms with Crippen LogP contribution in [0.15, 0.2) is 12.3 Å². The van der Waals surface area contributed by atoms with Crippen LogP contribution in [0.4, 0.5) is 11.5 Å². The van der Waals surface area contributed by atoms with Crippen LogP contribution in [-0.4, -0.2) is 18.6 Å². The first-order valence-corrected chi connectivity index (χ1v) is 5.23. The van der Waals surface area contributed by atoms with Crippen molar-refractivity contribution in [2.24, 2.45) is 5.41 Å². The van der Waals surface area contributed by atoms with Gasteiger partial charge in [0.05, 0.1) is 11.9 Å². The van der Waals surface area contributed by atoms with Gasteiger partial charge in [-0.15, -0.1) is 0 Å². The number of hydrogen-bond donors (Lipinski definition) is 1. The predicted molar refractivity (Wildman–Crippen MR) is 66.1 cm³/mol. The molecule has 1 heterocycles. The van der Waals surface area contributed by atoms with Gasteiger partial charge in [-0.3, -0.25) is 0 Å². The molecule has 0 aliphatic carbocycles. The molecule has 84 valence electrons. The van der Waals surface area contributed by atoms with Gasteiger partial charge in [-0.2, -0.15) is 0 Å². The lowest BCUT2D eigenvalue weighted by Crippen LogP contribution is -2.30. The largest absolute Gasteiger partial charge is 0.397 e. The maximum Gasteiger partial charge on any atom is 0.131 e. The number of pyridine rings is 1. The van der Waals surface area contributed by atoms with Crippen LogP contribution in [0.3, 0.4) is 0 Å². The van der Waals surface area contributed by atoms with Gasteiger partial charge in [0.25, 0.3) is 0 Å². The highest BCUT2D eigenvalue weighted by atomic mass is 15.2. The lowest BCUT2D eigenvalue weighted by Gasteiger charge is -2.28. The smallest absolute Gasteiger partial charge is 0.131 e. The van der Waals surface area contributed by atoms with Gasteiger partial charge in [0.15, 0.2) is 0 Å². The van der Waals surface area contributed by atoms with Gasteiger partial charge in [-0.1, -0.05) is 20.8 Å². The molecule has 0 bridgehead atoms. The summed E-state index contributed by atoms with van der Waals surface area (Å²) in [5.74, 6) is 1.01. The summed E-state index contributed by atoms with van der Waals surface area (Å²) >= 11 is 0. The van der Waals surface area contributed by atoms with Crippen molar-refractivity contribution in [3.8, 4) is 0 Å². The van der Waals surface area contributed by atoms with E-state index in [1.54, 1.807) is 6.20 Å². The summed E-state index contributed by atoms with van der Waals surface area (Å²) in [5.41, 5.74) is 7.79. The van der Waals surface area contributed by atoms with Crippen molar-refractivity contribution in [1.29, 1.82) is 0 Å². The zero-order valence-electron chi connectivity index (χ0n) is 10.3. The fraction of sp³-hybridized carbons (Fsp3) is 0.583. The second kappa shape index (κ2) is 4.09. The third-order valence-electron chi connectivity index (χ3n) is 2.14. The first-order valence-electron chi connectivity index (χ1n) is 5.23. The van der Waals surface area contributed by atoms with Crippen molar-refractivity contribution in [1.82, 2.24) is 4.98 Å². The van der Waals surface area contributed by atoms with Gasteiger partial charge in [-0.05, 0) is 24.0 Å². The van der Waals surface area contributed by atoms with Crippen LogP contribution in [-0.2, 0) is 0 Å². The van der Waals surface area contributed by atoms with E-state index in [1.807, 2.05) is 13.0 Å². The number of rotatable bonds is 2. The maximum absolute atomic E-state index is 5.67. The number of nitrogens with zero attached hydrogens (tertiary/aromatic N) is 2. The topological polar surface area (TPSA) is 42.1 Å². The fourth-order valence-electron chi connectivity index (χ4n) is 1.78. The van der Waals surface area contributed by atoms with Gasteiger partial charge in [0, 0.05) is 13.6 Å². The van der Waals surface area contributed by atoms with E-state index in [0.717, 1.165) is 23.6 Å². The predicted octanol–water partition coefficient (Wildman–Crippen LogP) is 2.45. The molecule has 0 saturated heterocycles. The monoisotopic (exact) mass is 207 g/mol. The summed E-state index contributed by atoms with van der Waals surface area (Å²) in [5, 5.41) is 0. The van der Waals surface area contributed by atoms with Crippen molar-refractivity contribution in [3.05, 3.63) is 17.8 Å². The third kappa shape index (κ3) is 3.42. The van der Waals surface area contributed by atoms with E-state index in [2.05, 4.69) is 37.7 Å². The second-order valence-corrected chi connectivity index (χ2v) is 5.33. The highest BCUT2D eigenvalue weighted by Gasteiger charge is 2.15. The number of hydrogen-bond acceptors (Lipinski definition) is 3. The molecule has 3 heteroatoms. The molecule has 0 amide bonds. The molecule has 0 atom stereocenters. The van der Waals surface area contributed by atoms with E-state index in [-0.39, 0.29) is 5.41 Å². The van der Waals surface area contributed by atoms with E-state index >= 15 is 0 Å². The van der Waals surface area contributed by atoms with Crippen molar-refractivity contribution >= 4 is 11.5 Å². The number of nitrogens with two attached hydrogens (primary N) is 1. The van der Waals surface area contributed by atoms with Crippen molar-refractivity contribution < 1.29 is 0 Å². The van der Waals surface area contributed by atoms with Crippen LogP contribution in [0, 0.1) is 12.3 Å². The van der Waals surface area contributed by atoms with E-state index in [1.165, 1.54) is 0 Å². The Morgan fingerprint density at radius 2 is 2.00 bits per heavy atom. The highest BCUT2D eigenvalue weighted by Crippen LogP contribution is 2.22. The molecule has 0 radical (unpaired) electrons. The Balaban J connectivity index is 2.87. The number of aryl methyl sites for hydroxylation is 1. The molecule has 0 fully saturated rings. The Morgan fingerprint density at radius 1 is 1.40 bits per heavy atom. The first kappa shape index (κ1) is 11.8. The highest BCUT2D eigenvalue weighted by molar-refractivity contribution is 5.52. The lowest BCUT2D eigenvalue weighted by molar-refractivity contribution is 0.417. The summed E-state index contributed by atoms with van der Waals surface area (Å²) in [6, 6.07) is 1.96. The number of aromatic nitrogens is 1. The summed E-state index contributed by atoms with van der Waals surface area (Å²) in [7, 11) is 2.07. The molecule has 0 unspecified atom stereocenters. The molecule has 3 nitrogen and oxygen atoms in total. The molecular formula is C12H21N3. The summed E-state index contributed by atoms with van der Waals surface area (Å²) in [6.07, 6.45) is 1.71. The van der Waals surface area contributed by atoms with Crippen molar-refractivity contribution in [2.45, 2.75) is 27.7 Å². The third-order valence-corrected chi connectivity index (χ3v) is 2.14. The minimum atomic E-state index is 0.268. The zero-order valence-corrected chi connectivity index (χ0v) is 10.3. The SMILES string of the molecule is Cc1cc(N)cnc1N(C)CC(C)(C)C. The van der Waals surface area contributed by atoms with Crippen LogP contribution in [0.1, 0.15) is 26.3 Å². The normalized spacial score (nSPS) is 11.5. The van der Waals surface area contributed by atoms with Crippen LogP contribution in [0.5, 0.6) is 0 Å². The van der Waals surface area contributed by atoms with Crippen LogP contribution in [0.2, 0.25) is 0 Å². The average molecular weight is 207 g/mol. The molecule has 15 heavy (non-hydrogen) atoms. The van der Waals surface area contributed by atoms with E-state index in [9.17, 15) is 0 Å². The quantitative estimate of drug-likeness (QED) is 0.810. The Labute approximate surface area is 92.3 Å². The molecule has 0 aromatic carbocycles. The molecule has 0 spiro atoms. The summed E-state index contributed by atoms with van der Waals surface area (Å²) < 4.78 is 0. The van der Waals surface area contributed by atoms with Crippen LogP contribution >= 0.6 is 0 Å². The van der Waals surface area contributed by atoms with E-state index < -0.39 is 0 Å². The maximum atomic E-state index is 5.67. The minimum Gasteiger partial charge on any atom is -0.397 e. The standard InChI is InChI=1S/C12H21N3/c1-9-6-10(13)7-14-11(9)15(5)8-12(2,3)4/h6-7H,8,13H2,1-5H3. The summed E-state index contributed by atoms with van der Waals surface area (Å²) in [4.78, 5) is 6.54. The Kier molecular flexibility index (Phi) is 3.22. The van der Waals surface area contributed by atoms with Gasteiger partial charge < -0.3 is 10.6 Å². The molecule has 1 rings (SSSR count). The van der Waals surface area contributed by atoms with E-state index in [4.69, 9.17) is 5.73 Å². The van der Waals surface area contributed by atoms with Crippen LogP contribution in [0.25, 0.3) is 0 Å². The zero-order chi connectivity index (χ0) is 11.6. The molecule has 1 aromatic heterocycles. The number of nitrogen functional groups attached to an aromatic ring is 1. The van der Waals surface area contributed by atoms with Gasteiger partial charge >= 0.3 is 0 Å². The van der Waals surface area contributed by atoms with E-state index in [0.29, 0.717) is 0 Å². The van der Waals surface area contributed by atoms with Gasteiger partial charge in [0.2, 0.25) is 0 Å². The molecule has 1 aromatic rings. The molecular weight excluding hydrogens is 186 g/mol. The molecule has 0 aliphatic rings. The Bertz CT molecular complexity index is 339. The molecule has 0 saturated carbocycles. The Morgan fingerprint density at radius 3 is 2.47 bits per heavy atom. The second-order valence-electron chi connectivity index (χ2n) is 5.33. The number of anilines is 2. The molecule has 2 N–H and O–H groups in total. The minimum absolute atomic E-state index is 0.268. The fourth-order valence-corrected chi connectivity index (χ4v) is 1.78. The van der Waals surface area contributed by atoms with Crippen molar-refractivity contribution in [2.75, 3.05) is 24.2 Å². The van der Waals surface area contributed by atoms with Gasteiger partial charge in [0.1, 0.15) is 5.82 Å².